The molecule has 0 saturated carbocycles. The number of aliphatic hydroxyl groups is 1. The highest BCUT2D eigenvalue weighted by molar-refractivity contribution is 9.10. The molecule has 0 spiro atoms. The van der Waals surface area contributed by atoms with Crippen LogP contribution in [-0.2, 0) is 5.60 Å². The van der Waals surface area contributed by atoms with E-state index in [1.54, 1.807) is 13.0 Å². The molecule has 0 aliphatic rings. The molecule has 0 saturated heterocycles. The average molecular weight is 340 g/mol. The summed E-state index contributed by atoms with van der Waals surface area (Å²) in [6.07, 6.45) is 0. The van der Waals surface area contributed by atoms with Crippen LogP contribution in [0.15, 0.2) is 40.9 Å². The molecule has 1 nitrogen and oxygen atoms in total. The molecule has 2 aromatic carbocycles. The topological polar surface area (TPSA) is 20.2 Å². The van der Waals surface area contributed by atoms with E-state index in [-0.39, 0.29) is 0 Å². The van der Waals surface area contributed by atoms with Crippen LogP contribution in [0.4, 0.5) is 0 Å². The van der Waals surface area contributed by atoms with Crippen LogP contribution < -0.4 is 0 Å². The molecule has 0 aliphatic heterocycles. The Balaban J connectivity index is 2.61. The zero-order valence-electron chi connectivity index (χ0n) is 11.2. The molecule has 2 aromatic rings. The molecule has 3 heteroatoms. The van der Waals surface area contributed by atoms with E-state index in [1.165, 1.54) is 0 Å². The minimum atomic E-state index is -1.10. The summed E-state index contributed by atoms with van der Waals surface area (Å²) in [4.78, 5) is 0. The quantitative estimate of drug-likeness (QED) is 0.818. The Morgan fingerprint density at radius 2 is 1.74 bits per heavy atom. The van der Waals surface area contributed by atoms with Crippen LogP contribution in [0.3, 0.4) is 0 Å². The summed E-state index contributed by atoms with van der Waals surface area (Å²) in [6.45, 7) is 5.79. The van der Waals surface area contributed by atoms with Crippen molar-refractivity contribution in [1.82, 2.24) is 0 Å². The van der Waals surface area contributed by atoms with Crippen molar-refractivity contribution in [3.05, 3.63) is 68.1 Å². The van der Waals surface area contributed by atoms with Crippen molar-refractivity contribution < 1.29 is 5.11 Å². The van der Waals surface area contributed by atoms with Crippen molar-refractivity contribution in [3.8, 4) is 0 Å². The molecular formula is C16H16BrClO. The third-order valence-corrected chi connectivity index (χ3v) is 4.18. The molecule has 0 bridgehead atoms. The first-order valence-corrected chi connectivity index (χ1v) is 7.25. The van der Waals surface area contributed by atoms with Gasteiger partial charge >= 0.3 is 0 Å². The zero-order chi connectivity index (χ0) is 14.2. The maximum absolute atomic E-state index is 10.9. The molecule has 0 fully saturated rings. The Morgan fingerprint density at radius 3 is 2.37 bits per heavy atom. The van der Waals surface area contributed by atoms with Crippen LogP contribution in [0.1, 0.15) is 29.2 Å². The Hall–Kier alpha value is -0.830. The van der Waals surface area contributed by atoms with Gasteiger partial charge in [0.2, 0.25) is 0 Å². The SMILES string of the molecule is Cc1ccc(C)c(C(C)(O)c2ccc(Br)cc2Cl)c1. The fraction of sp³-hybridized carbons (Fsp3) is 0.250. The van der Waals surface area contributed by atoms with Gasteiger partial charge in [0.15, 0.2) is 0 Å². The van der Waals surface area contributed by atoms with Gasteiger partial charge in [-0.25, -0.2) is 0 Å². The maximum Gasteiger partial charge on any atom is 0.113 e. The lowest BCUT2D eigenvalue weighted by atomic mass is 9.85. The van der Waals surface area contributed by atoms with Crippen LogP contribution in [0.5, 0.6) is 0 Å². The molecule has 0 heterocycles. The number of halogens is 2. The average Bonchev–Trinajstić information content (AvgIpc) is 2.31. The lowest BCUT2D eigenvalue weighted by molar-refractivity contribution is 0.102. The van der Waals surface area contributed by atoms with Gasteiger partial charge in [-0.1, -0.05) is 57.4 Å². The third-order valence-electron chi connectivity index (χ3n) is 3.37. The standard InChI is InChI=1S/C16H16BrClO/c1-10-4-5-11(2)14(8-10)16(3,19)13-7-6-12(17)9-15(13)18/h4-9,19H,1-3H3. The lowest BCUT2D eigenvalue weighted by Gasteiger charge is -2.27. The van der Waals surface area contributed by atoms with Crippen molar-refractivity contribution >= 4 is 27.5 Å². The van der Waals surface area contributed by atoms with Crippen molar-refractivity contribution in [3.63, 3.8) is 0 Å². The molecule has 0 radical (unpaired) electrons. The largest absolute Gasteiger partial charge is 0.381 e. The molecule has 1 N–H and O–H groups in total. The molecular weight excluding hydrogens is 324 g/mol. The van der Waals surface area contributed by atoms with Crippen LogP contribution >= 0.6 is 27.5 Å². The van der Waals surface area contributed by atoms with Gasteiger partial charge in [0.05, 0.1) is 0 Å². The number of benzene rings is 2. The first kappa shape index (κ1) is 14.6. The molecule has 0 amide bonds. The van der Waals surface area contributed by atoms with Crippen molar-refractivity contribution in [2.45, 2.75) is 26.4 Å². The van der Waals surface area contributed by atoms with E-state index < -0.39 is 5.60 Å². The van der Waals surface area contributed by atoms with E-state index in [1.807, 2.05) is 44.2 Å². The summed E-state index contributed by atoms with van der Waals surface area (Å²) >= 11 is 9.65. The molecule has 0 aliphatic carbocycles. The number of rotatable bonds is 2. The molecule has 2 rings (SSSR count). The number of hydrogen-bond donors (Lipinski definition) is 1. The monoisotopic (exact) mass is 338 g/mol. The summed E-state index contributed by atoms with van der Waals surface area (Å²) in [5, 5.41) is 11.5. The van der Waals surface area contributed by atoms with E-state index >= 15 is 0 Å². The predicted molar refractivity (Wildman–Crippen MR) is 83.7 cm³/mol. The first-order valence-electron chi connectivity index (χ1n) is 6.08. The van der Waals surface area contributed by atoms with Gasteiger partial charge in [-0.15, -0.1) is 0 Å². The minimum Gasteiger partial charge on any atom is -0.381 e. The zero-order valence-corrected chi connectivity index (χ0v) is 13.5. The minimum absolute atomic E-state index is 0.556. The van der Waals surface area contributed by atoms with Gasteiger partial charge in [0.25, 0.3) is 0 Å². The van der Waals surface area contributed by atoms with Crippen LogP contribution in [0.2, 0.25) is 5.02 Å². The highest BCUT2D eigenvalue weighted by atomic mass is 79.9. The summed E-state index contributed by atoms with van der Waals surface area (Å²) in [5.41, 5.74) is 2.67. The second kappa shape index (κ2) is 5.28. The number of aryl methyl sites for hydroxylation is 2. The van der Waals surface area contributed by atoms with Gasteiger partial charge in [-0.05, 0) is 44.0 Å². The smallest absolute Gasteiger partial charge is 0.113 e. The molecule has 0 aromatic heterocycles. The predicted octanol–water partition coefficient (Wildman–Crippen LogP) is 4.98. The van der Waals surface area contributed by atoms with E-state index in [0.29, 0.717) is 10.6 Å². The second-order valence-electron chi connectivity index (χ2n) is 5.01. The summed E-state index contributed by atoms with van der Waals surface area (Å²) < 4.78 is 0.901. The molecule has 19 heavy (non-hydrogen) atoms. The molecule has 100 valence electrons. The Morgan fingerprint density at radius 1 is 1.05 bits per heavy atom. The highest BCUT2D eigenvalue weighted by Gasteiger charge is 2.29. The van der Waals surface area contributed by atoms with Gasteiger partial charge in [-0.3, -0.25) is 0 Å². The fourth-order valence-electron chi connectivity index (χ4n) is 2.29. The molecule has 1 unspecified atom stereocenters. The van der Waals surface area contributed by atoms with Crippen molar-refractivity contribution in [2.75, 3.05) is 0 Å². The first-order chi connectivity index (χ1) is 8.82. The molecule has 1 atom stereocenters. The van der Waals surface area contributed by atoms with Gasteiger partial charge < -0.3 is 5.11 Å². The van der Waals surface area contributed by atoms with E-state index in [2.05, 4.69) is 15.9 Å². The summed E-state index contributed by atoms with van der Waals surface area (Å²) in [7, 11) is 0. The second-order valence-corrected chi connectivity index (χ2v) is 6.34. The van der Waals surface area contributed by atoms with Crippen LogP contribution in [0, 0.1) is 13.8 Å². The summed E-state index contributed by atoms with van der Waals surface area (Å²) in [6, 6.07) is 11.6. The lowest BCUT2D eigenvalue weighted by Crippen LogP contribution is -2.24. The Kier molecular flexibility index (Phi) is 4.05. The van der Waals surface area contributed by atoms with Gasteiger partial charge in [-0.2, -0.15) is 0 Å². The van der Waals surface area contributed by atoms with Crippen molar-refractivity contribution in [2.24, 2.45) is 0 Å². The normalized spacial score (nSPS) is 14.2. The van der Waals surface area contributed by atoms with E-state index in [9.17, 15) is 5.11 Å². The van der Waals surface area contributed by atoms with Gasteiger partial charge in [0, 0.05) is 15.1 Å². The fourth-order valence-corrected chi connectivity index (χ4v) is 3.15. The number of hydrogen-bond acceptors (Lipinski definition) is 1. The van der Waals surface area contributed by atoms with Crippen LogP contribution in [0.25, 0.3) is 0 Å². The van der Waals surface area contributed by atoms with E-state index in [0.717, 1.165) is 21.2 Å². The highest BCUT2D eigenvalue weighted by Crippen LogP contribution is 2.37. The van der Waals surface area contributed by atoms with Crippen molar-refractivity contribution in [1.29, 1.82) is 0 Å². The Labute approximate surface area is 127 Å². The summed E-state index contributed by atoms with van der Waals surface area (Å²) in [5.74, 6) is 0. The third kappa shape index (κ3) is 2.86. The van der Waals surface area contributed by atoms with Crippen LogP contribution in [-0.4, -0.2) is 5.11 Å². The van der Waals surface area contributed by atoms with Gasteiger partial charge in [0.1, 0.15) is 5.60 Å². The Bertz CT molecular complexity index is 620. The van der Waals surface area contributed by atoms with E-state index in [4.69, 9.17) is 11.6 Å². The maximum atomic E-state index is 10.9.